The average molecular weight is 275 g/mol. The lowest BCUT2D eigenvalue weighted by atomic mass is 10.1. The van der Waals surface area contributed by atoms with Gasteiger partial charge in [0.2, 0.25) is 5.91 Å². The Kier molecular flexibility index (Phi) is 3.44. The van der Waals surface area contributed by atoms with Crippen LogP contribution in [0.15, 0.2) is 30.3 Å². The first kappa shape index (κ1) is 13.1. The van der Waals surface area contributed by atoms with Crippen LogP contribution < -0.4 is 0 Å². The molecule has 1 aliphatic heterocycles. The Morgan fingerprint density at radius 2 is 2.15 bits per heavy atom. The van der Waals surface area contributed by atoms with Gasteiger partial charge in [0.05, 0.1) is 18.1 Å². The molecule has 3 atom stereocenters. The zero-order valence-corrected chi connectivity index (χ0v) is 11.3. The highest BCUT2D eigenvalue weighted by molar-refractivity contribution is 5.96. The summed E-state index contributed by atoms with van der Waals surface area (Å²) in [7, 11) is 1.59. The summed E-state index contributed by atoms with van der Waals surface area (Å²) in [5, 5.41) is 0. The van der Waals surface area contributed by atoms with Crippen molar-refractivity contribution in [3.8, 4) is 0 Å². The molecular weight excluding hydrogens is 258 g/mol. The molecule has 106 valence electrons. The SMILES string of the molecule is CO[C@H]1C[C@@H]1C(=O)N1C(=O)OC[C@H]1Cc1ccccc1. The smallest absolute Gasteiger partial charge is 0.416 e. The minimum atomic E-state index is -0.530. The number of imide groups is 1. The van der Waals surface area contributed by atoms with E-state index in [0.29, 0.717) is 12.8 Å². The van der Waals surface area contributed by atoms with Crippen molar-refractivity contribution in [2.75, 3.05) is 13.7 Å². The summed E-state index contributed by atoms with van der Waals surface area (Å²) in [6.07, 6.45) is 0.741. The number of carbonyl (C=O) groups excluding carboxylic acids is 2. The summed E-state index contributed by atoms with van der Waals surface area (Å²) in [6.45, 7) is 0.268. The largest absolute Gasteiger partial charge is 0.447 e. The van der Waals surface area contributed by atoms with Gasteiger partial charge in [0.25, 0.3) is 0 Å². The molecule has 0 aromatic heterocycles. The van der Waals surface area contributed by atoms with E-state index in [9.17, 15) is 9.59 Å². The molecule has 5 nitrogen and oxygen atoms in total. The zero-order chi connectivity index (χ0) is 14.1. The van der Waals surface area contributed by atoms with Crippen LogP contribution in [0.3, 0.4) is 0 Å². The Morgan fingerprint density at radius 3 is 2.80 bits per heavy atom. The van der Waals surface area contributed by atoms with Crippen molar-refractivity contribution in [2.24, 2.45) is 5.92 Å². The zero-order valence-electron chi connectivity index (χ0n) is 11.3. The molecule has 0 spiro atoms. The third kappa shape index (κ3) is 2.41. The van der Waals surface area contributed by atoms with Crippen molar-refractivity contribution in [3.05, 3.63) is 35.9 Å². The van der Waals surface area contributed by atoms with Crippen LogP contribution in [0.5, 0.6) is 0 Å². The number of methoxy groups -OCH3 is 1. The summed E-state index contributed by atoms with van der Waals surface area (Å²) in [5.41, 5.74) is 1.09. The second-order valence-electron chi connectivity index (χ2n) is 5.25. The molecular formula is C15H17NO4. The van der Waals surface area contributed by atoms with Crippen molar-refractivity contribution in [1.82, 2.24) is 4.90 Å². The molecule has 1 aromatic carbocycles. The summed E-state index contributed by atoms with van der Waals surface area (Å²) in [6, 6.07) is 9.59. The number of ether oxygens (including phenoxy) is 2. The first-order valence-corrected chi connectivity index (χ1v) is 6.77. The van der Waals surface area contributed by atoms with E-state index < -0.39 is 6.09 Å². The highest BCUT2D eigenvalue weighted by atomic mass is 16.6. The van der Waals surface area contributed by atoms with Gasteiger partial charge in [-0.2, -0.15) is 0 Å². The van der Waals surface area contributed by atoms with Gasteiger partial charge in [-0.3, -0.25) is 4.79 Å². The van der Waals surface area contributed by atoms with Gasteiger partial charge in [0.15, 0.2) is 0 Å². The fraction of sp³-hybridized carbons (Fsp3) is 0.467. The van der Waals surface area contributed by atoms with Crippen molar-refractivity contribution in [2.45, 2.75) is 25.0 Å². The van der Waals surface area contributed by atoms with Gasteiger partial charge in [-0.15, -0.1) is 0 Å². The standard InChI is InChI=1S/C15H17NO4/c1-19-13-8-12(13)14(17)16-11(9-20-15(16)18)7-10-5-3-2-4-6-10/h2-6,11-13H,7-9H2,1H3/t11-,12+,13+/m1/s1. The summed E-state index contributed by atoms with van der Waals surface area (Å²) < 4.78 is 10.2. The molecule has 5 heteroatoms. The van der Waals surface area contributed by atoms with Gasteiger partial charge in [0, 0.05) is 7.11 Å². The van der Waals surface area contributed by atoms with Crippen molar-refractivity contribution < 1.29 is 19.1 Å². The summed E-state index contributed by atoms with van der Waals surface area (Å²) >= 11 is 0. The first-order valence-electron chi connectivity index (χ1n) is 6.77. The van der Waals surface area contributed by atoms with E-state index in [-0.39, 0.29) is 30.6 Å². The van der Waals surface area contributed by atoms with Crippen LogP contribution in [-0.2, 0) is 20.7 Å². The molecule has 1 aliphatic carbocycles. The van der Waals surface area contributed by atoms with E-state index in [2.05, 4.69) is 0 Å². The van der Waals surface area contributed by atoms with Gasteiger partial charge in [-0.25, -0.2) is 9.69 Å². The lowest BCUT2D eigenvalue weighted by Gasteiger charge is -2.19. The van der Waals surface area contributed by atoms with Crippen LogP contribution in [0.1, 0.15) is 12.0 Å². The Balaban J connectivity index is 1.71. The molecule has 0 unspecified atom stereocenters. The van der Waals surface area contributed by atoms with E-state index in [0.717, 1.165) is 5.56 Å². The van der Waals surface area contributed by atoms with Crippen LogP contribution in [0.25, 0.3) is 0 Å². The molecule has 3 rings (SSSR count). The fourth-order valence-corrected chi connectivity index (χ4v) is 2.64. The highest BCUT2D eigenvalue weighted by Gasteiger charge is 2.50. The normalized spacial score (nSPS) is 28.4. The maximum atomic E-state index is 12.3. The topological polar surface area (TPSA) is 55.8 Å². The number of amides is 2. The van der Waals surface area contributed by atoms with Crippen molar-refractivity contribution >= 4 is 12.0 Å². The molecule has 20 heavy (non-hydrogen) atoms. The Hall–Kier alpha value is -1.88. The summed E-state index contributed by atoms with van der Waals surface area (Å²) in [4.78, 5) is 25.4. The molecule has 1 saturated heterocycles. The Morgan fingerprint density at radius 1 is 1.40 bits per heavy atom. The average Bonchev–Trinajstić information content (AvgIpc) is 3.17. The summed E-state index contributed by atoms with van der Waals surface area (Å²) in [5.74, 6) is -0.357. The Bertz CT molecular complexity index is 516. The predicted octanol–water partition coefficient (Wildman–Crippen LogP) is 1.61. The maximum Gasteiger partial charge on any atom is 0.416 e. The van der Waals surface area contributed by atoms with Gasteiger partial charge < -0.3 is 9.47 Å². The molecule has 1 saturated carbocycles. The van der Waals surface area contributed by atoms with Gasteiger partial charge in [-0.1, -0.05) is 30.3 Å². The number of carbonyl (C=O) groups is 2. The lowest BCUT2D eigenvalue weighted by Crippen LogP contribution is -2.41. The van der Waals surface area contributed by atoms with Gasteiger partial charge in [-0.05, 0) is 18.4 Å². The Labute approximate surface area is 117 Å². The first-order chi connectivity index (χ1) is 9.70. The number of cyclic esters (lactones) is 1. The van der Waals surface area contributed by atoms with Crippen LogP contribution in [0.4, 0.5) is 4.79 Å². The number of hydrogen-bond acceptors (Lipinski definition) is 4. The second-order valence-corrected chi connectivity index (χ2v) is 5.25. The molecule has 1 heterocycles. The van der Waals surface area contributed by atoms with Gasteiger partial charge in [0.1, 0.15) is 6.61 Å². The molecule has 2 aliphatic rings. The van der Waals surface area contributed by atoms with Gasteiger partial charge >= 0.3 is 6.09 Å². The van der Waals surface area contributed by atoms with E-state index in [1.54, 1.807) is 7.11 Å². The molecule has 0 bridgehead atoms. The van der Waals surface area contributed by atoms with Crippen LogP contribution in [0.2, 0.25) is 0 Å². The van der Waals surface area contributed by atoms with Crippen LogP contribution in [-0.4, -0.2) is 42.8 Å². The molecule has 0 N–H and O–H groups in total. The van der Waals surface area contributed by atoms with Crippen LogP contribution in [0, 0.1) is 5.92 Å². The van der Waals surface area contributed by atoms with E-state index >= 15 is 0 Å². The van der Waals surface area contributed by atoms with E-state index in [1.165, 1.54) is 4.90 Å². The molecule has 2 amide bonds. The van der Waals surface area contributed by atoms with E-state index in [1.807, 2.05) is 30.3 Å². The number of benzene rings is 1. The number of rotatable bonds is 4. The third-order valence-corrected chi connectivity index (χ3v) is 3.86. The monoisotopic (exact) mass is 275 g/mol. The number of hydrogen-bond donors (Lipinski definition) is 0. The van der Waals surface area contributed by atoms with E-state index in [4.69, 9.17) is 9.47 Å². The molecule has 0 radical (unpaired) electrons. The second kappa shape index (κ2) is 5.25. The van der Waals surface area contributed by atoms with Crippen LogP contribution >= 0.6 is 0 Å². The fourth-order valence-electron chi connectivity index (χ4n) is 2.64. The van der Waals surface area contributed by atoms with Crippen molar-refractivity contribution in [3.63, 3.8) is 0 Å². The van der Waals surface area contributed by atoms with Crippen molar-refractivity contribution in [1.29, 1.82) is 0 Å². The minimum absolute atomic E-state index is 0.0479. The predicted molar refractivity (Wildman–Crippen MR) is 71.0 cm³/mol. The minimum Gasteiger partial charge on any atom is -0.447 e. The highest BCUT2D eigenvalue weighted by Crippen LogP contribution is 2.36. The maximum absolute atomic E-state index is 12.3. The molecule has 2 fully saturated rings. The molecule has 1 aromatic rings. The third-order valence-electron chi connectivity index (χ3n) is 3.86. The lowest BCUT2D eigenvalue weighted by molar-refractivity contribution is -0.131. The number of nitrogens with zero attached hydrogens (tertiary/aromatic N) is 1. The quantitative estimate of drug-likeness (QED) is 0.837.